The van der Waals surface area contributed by atoms with E-state index >= 15 is 0 Å². The van der Waals surface area contributed by atoms with Crippen molar-refractivity contribution >= 4 is 22.0 Å². The fourth-order valence-corrected chi connectivity index (χ4v) is 3.38. The van der Waals surface area contributed by atoms with Crippen LogP contribution in [0.2, 0.25) is 0 Å². The molecule has 9 nitrogen and oxygen atoms in total. The number of carbonyl (C=O) groups is 1. The number of carbonyl (C=O) groups excluding carboxylic acids is 1. The Labute approximate surface area is 149 Å². The highest BCUT2D eigenvalue weighted by atomic mass is 32.2. The average molecular weight is 373 g/mol. The van der Waals surface area contributed by atoms with Crippen LogP contribution in [0.5, 0.6) is 0 Å². The lowest BCUT2D eigenvalue weighted by Gasteiger charge is -2.05. The molecule has 0 atom stereocenters. The Morgan fingerprint density at radius 3 is 2.65 bits per heavy atom. The van der Waals surface area contributed by atoms with Gasteiger partial charge >= 0.3 is 0 Å². The van der Waals surface area contributed by atoms with Gasteiger partial charge < -0.3 is 0 Å². The van der Waals surface area contributed by atoms with Crippen LogP contribution in [0.25, 0.3) is 17.3 Å². The minimum Gasteiger partial charge on any atom is -0.288 e. The van der Waals surface area contributed by atoms with E-state index in [2.05, 4.69) is 10.1 Å². The summed E-state index contributed by atoms with van der Waals surface area (Å²) in [7, 11) is -2.02. The zero-order valence-corrected chi connectivity index (χ0v) is 14.5. The van der Waals surface area contributed by atoms with Crippen molar-refractivity contribution in [2.24, 2.45) is 7.05 Å². The molecule has 0 aliphatic rings. The highest BCUT2D eigenvalue weighted by molar-refractivity contribution is 7.90. The van der Waals surface area contributed by atoms with Crippen molar-refractivity contribution in [2.45, 2.75) is 4.90 Å². The van der Waals surface area contributed by atoms with E-state index < -0.39 is 15.9 Å². The maximum atomic E-state index is 12.7. The first-order valence-electron chi connectivity index (χ1n) is 7.41. The Morgan fingerprint density at radius 2 is 2.04 bits per heavy atom. The van der Waals surface area contributed by atoms with Crippen molar-refractivity contribution in [3.05, 3.63) is 60.8 Å². The molecule has 1 amide bonds. The first kappa shape index (κ1) is 17.6. The third kappa shape index (κ3) is 3.55. The molecular formula is C16H15N5O4S. The summed E-state index contributed by atoms with van der Waals surface area (Å²) < 4.78 is 28.0. The van der Waals surface area contributed by atoms with Crippen LogP contribution in [0.15, 0.2) is 60.2 Å². The molecule has 0 unspecified atom stereocenters. The molecule has 0 aliphatic carbocycles. The van der Waals surface area contributed by atoms with Crippen LogP contribution in [0.3, 0.4) is 0 Å². The van der Waals surface area contributed by atoms with E-state index in [9.17, 15) is 13.2 Å². The number of hydrogen-bond donors (Lipinski definition) is 2. The zero-order chi connectivity index (χ0) is 18.7. The van der Waals surface area contributed by atoms with Crippen LogP contribution in [-0.4, -0.2) is 38.3 Å². The molecular weight excluding hydrogens is 358 g/mol. The number of pyridine rings is 1. The highest BCUT2D eigenvalue weighted by Crippen LogP contribution is 2.20. The number of rotatable bonds is 5. The van der Waals surface area contributed by atoms with Crippen molar-refractivity contribution in [3.63, 3.8) is 0 Å². The lowest BCUT2D eigenvalue weighted by molar-refractivity contribution is -0.124. The van der Waals surface area contributed by atoms with Gasteiger partial charge in [-0.2, -0.15) is 5.10 Å². The number of nitrogens with zero attached hydrogens (tertiary/aromatic N) is 4. The van der Waals surface area contributed by atoms with E-state index in [1.807, 2.05) is 0 Å². The average Bonchev–Trinajstić information content (AvgIpc) is 3.29. The summed E-state index contributed by atoms with van der Waals surface area (Å²) in [5.74, 6) is -0.712. The molecule has 3 aromatic rings. The van der Waals surface area contributed by atoms with Gasteiger partial charge in [0.25, 0.3) is 15.9 Å². The van der Waals surface area contributed by atoms with Gasteiger partial charge in [-0.25, -0.2) is 17.9 Å². The molecule has 26 heavy (non-hydrogen) atoms. The summed E-state index contributed by atoms with van der Waals surface area (Å²) in [6.07, 6.45) is 9.88. The van der Waals surface area contributed by atoms with Crippen LogP contribution in [0.4, 0.5) is 0 Å². The van der Waals surface area contributed by atoms with Crippen LogP contribution in [0.1, 0.15) is 5.56 Å². The number of amides is 1. The highest BCUT2D eigenvalue weighted by Gasteiger charge is 2.17. The van der Waals surface area contributed by atoms with Crippen LogP contribution in [0, 0.1) is 0 Å². The molecule has 0 saturated carbocycles. The van der Waals surface area contributed by atoms with Crippen molar-refractivity contribution in [1.82, 2.24) is 24.2 Å². The van der Waals surface area contributed by atoms with Gasteiger partial charge in [-0.15, -0.1) is 0 Å². The Bertz CT molecular complexity index is 1060. The van der Waals surface area contributed by atoms with E-state index in [-0.39, 0.29) is 4.90 Å². The molecule has 0 aliphatic heterocycles. The molecule has 3 rings (SSSR count). The quantitative estimate of drug-likeness (QED) is 0.392. The van der Waals surface area contributed by atoms with Crippen molar-refractivity contribution in [1.29, 1.82) is 0 Å². The number of hydrogen-bond acceptors (Lipinski definition) is 6. The van der Waals surface area contributed by atoms with E-state index in [4.69, 9.17) is 5.21 Å². The first-order chi connectivity index (χ1) is 12.4. The Morgan fingerprint density at radius 1 is 1.23 bits per heavy atom. The third-order valence-corrected chi connectivity index (χ3v) is 5.16. The number of aromatic nitrogens is 4. The fourth-order valence-electron chi connectivity index (χ4n) is 2.23. The molecule has 10 heteroatoms. The smallest absolute Gasteiger partial charge is 0.269 e. The topological polar surface area (TPSA) is 119 Å². The molecule has 3 aromatic heterocycles. The molecule has 0 aromatic carbocycles. The predicted molar refractivity (Wildman–Crippen MR) is 92.4 cm³/mol. The molecule has 3 heterocycles. The lowest BCUT2D eigenvalue weighted by atomic mass is 10.2. The van der Waals surface area contributed by atoms with Gasteiger partial charge in [-0.05, 0) is 29.8 Å². The van der Waals surface area contributed by atoms with Gasteiger partial charge in [0.2, 0.25) is 0 Å². The van der Waals surface area contributed by atoms with Gasteiger partial charge in [-0.3, -0.25) is 19.7 Å². The van der Waals surface area contributed by atoms with Crippen LogP contribution >= 0.6 is 0 Å². The van der Waals surface area contributed by atoms with E-state index in [1.54, 1.807) is 30.2 Å². The summed E-state index contributed by atoms with van der Waals surface area (Å²) in [5, 5.41) is 12.5. The third-order valence-electron chi connectivity index (χ3n) is 3.54. The second-order valence-electron chi connectivity index (χ2n) is 5.37. The molecule has 0 spiro atoms. The molecule has 134 valence electrons. The van der Waals surface area contributed by atoms with Crippen molar-refractivity contribution in [2.75, 3.05) is 0 Å². The lowest BCUT2D eigenvalue weighted by Crippen LogP contribution is -2.14. The standard InChI is InChI=1S/C16H15N5O4S/c1-20-11-13(8-18-20)15-4-3-14(9-17-15)26(24,25)21-7-6-12(10-21)2-5-16(22)19-23/h2-11,23H,1H3,(H,19,22). The second-order valence-corrected chi connectivity index (χ2v) is 7.21. The predicted octanol–water partition coefficient (Wildman–Crippen LogP) is 1.04. The minimum absolute atomic E-state index is 0.0318. The van der Waals surface area contributed by atoms with E-state index in [1.165, 1.54) is 42.3 Å². The summed E-state index contributed by atoms with van der Waals surface area (Å²) in [6.45, 7) is 0. The largest absolute Gasteiger partial charge is 0.288 e. The Balaban J connectivity index is 1.85. The summed E-state index contributed by atoms with van der Waals surface area (Å²) in [5.41, 5.74) is 3.34. The second kappa shape index (κ2) is 6.94. The van der Waals surface area contributed by atoms with E-state index in [0.717, 1.165) is 15.6 Å². The fraction of sp³-hybridized carbons (Fsp3) is 0.0625. The van der Waals surface area contributed by atoms with Gasteiger partial charge in [0, 0.05) is 43.5 Å². The maximum absolute atomic E-state index is 12.7. The van der Waals surface area contributed by atoms with Gasteiger partial charge in [-0.1, -0.05) is 0 Å². The minimum atomic E-state index is -3.81. The molecule has 0 fully saturated rings. The molecule has 0 saturated heterocycles. The molecule has 0 radical (unpaired) electrons. The molecule has 2 N–H and O–H groups in total. The van der Waals surface area contributed by atoms with Gasteiger partial charge in [0.1, 0.15) is 4.90 Å². The maximum Gasteiger partial charge on any atom is 0.269 e. The van der Waals surface area contributed by atoms with Crippen molar-refractivity contribution in [3.8, 4) is 11.3 Å². The Kier molecular flexibility index (Phi) is 4.69. The van der Waals surface area contributed by atoms with Crippen LogP contribution < -0.4 is 5.48 Å². The monoisotopic (exact) mass is 373 g/mol. The SMILES string of the molecule is Cn1cc(-c2ccc(S(=O)(=O)n3ccc(C=CC(=O)NO)c3)cn2)cn1. The number of hydroxylamine groups is 1. The number of nitrogens with one attached hydrogen (secondary N) is 1. The van der Waals surface area contributed by atoms with Crippen LogP contribution in [-0.2, 0) is 21.9 Å². The Hall–Kier alpha value is -3.24. The summed E-state index contributed by atoms with van der Waals surface area (Å²) >= 11 is 0. The normalized spacial score (nSPS) is 11.8. The van der Waals surface area contributed by atoms with Gasteiger partial charge in [0.15, 0.2) is 0 Å². The summed E-state index contributed by atoms with van der Waals surface area (Å²) in [6, 6.07) is 4.61. The summed E-state index contributed by atoms with van der Waals surface area (Å²) in [4.78, 5) is 15.2. The van der Waals surface area contributed by atoms with Crippen molar-refractivity contribution < 1.29 is 18.4 Å². The van der Waals surface area contributed by atoms with Gasteiger partial charge in [0.05, 0.1) is 11.9 Å². The zero-order valence-electron chi connectivity index (χ0n) is 13.6. The number of aryl methyl sites for hydroxylation is 1. The van der Waals surface area contributed by atoms with E-state index in [0.29, 0.717) is 11.3 Å². The first-order valence-corrected chi connectivity index (χ1v) is 8.85. The molecule has 0 bridgehead atoms.